The van der Waals surface area contributed by atoms with Crippen molar-refractivity contribution in [2.75, 3.05) is 0 Å². The maximum absolute atomic E-state index is 6.26. The molecule has 3 heterocycles. The van der Waals surface area contributed by atoms with Crippen LogP contribution >= 0.6 is 0 Å². The summed E-state index contributed by atoms with van der Waals surface area (Å²) in [7, 11) is 6.25. The molecule has 0 unspecified atom stereocenters. The molecule has 454 valence electrons. The van der Waals surface area contributed by atoms with Crippen molar-refractivity contribution in [3.63, 3.8) is 0 Å². The van der Waals surface area contributed by atoms with E-state index in [0.29, 0.717) is 0 Å². The highest BCUT2D eigenvalue weighted by atomic mass is 27.2. The summed E-state index contributed by atoms with van der Waals surface area (Å²) >= 11 is -3.73. The average molecular weight is 1270 g/mol. The average Bonchev–Trinajstić information content (AvgIpc) is 0.818. The Morgan fingerprint density at radius 1 is 0.247 bits per heavy atom. The van der Waals surface area contributed by atoms with Crippen molar-refractivity contribution in [1.29, 1.82) is 0 Å². The second kappa shape index (κ2) is 29.7. The van der Waals surface area contributed by atoms with Crippen molar-refractivity contribution in [1.82, 2.24) is 0 Å². The summed E-state index contributed by atoms with van der Waals surface area (Å²) in [5.74, 6) is 5.18. The van der Waals surface area contributed by atoms with Crippen LogP contribution in [0.15, 0.2) is 279 Å². The highest BCUT2D eigenvalue weighted by Gasteiger charge is 2.23. The maximum Gasteiger partial charge on any atom is 0.832 e. The zero-order valence-corrected chi connectivity index (χ0v) is 58.2. The lowest BCUT2D eigenvalue weighted by molar-refractivity contribution is -0.651. The monoisotopic (exact) mass is 1260 g/mol. The van der Waals surface area contributed by atoms with Gasteiger partial charge in [0.2, 0.25) is 0 Å². The van der Waals surface area contributed by atoms with Crippen LogP contribution in [0, 0.1) is 34.6 Å². The summed E-state index contributed by atoms with van der Waals surface area (Å²) in [4.78, 5) is 0. The molecule has 14 aromatic rings. The summed E-state index contributed by atoms with van der Waals surface area (Å²) in [5, 5.41) is 5.97. The molecule has 0 saturated carbocycles. The fourth-order valence-corrected chi connectivity index (χ4v) is 14.1. The fourth-order valence-electron chi connectivity index (χ4n) is 11.9. The van der Waals surface area contributed by atoms with E-state index >= 15 is 0 Å². The molecule has 0 aliphatic heterocycles. The lowest BCUT2D eigenvalue weighted by Gasteiger charge is -2.13. The predicted octanol–water partition coefficient (Wildman–Crippen LogP) is 16.5. The van der Waals surface area contributed by atoms with Crippen molar-refractivity contribution in [2.45, 2.75) is 34.6 Å². The molecular formula is C81H73Al3N3O6+3. The number of aromatic nitrogens is 3. The SMILES string of the molecule is Cc1cc(-c2ccccc2)c2cccc([O][AlH][O]c3ccc(-c4ccccc4)cc3)c2[n+]1C.Cc1cc(C)[n+](C)c2c([O][AlH][O]c3ccc4cc(-c5ccccc5)ccc4c3)cccc12.Cc1cc(C)[n+](C)c2c([O][AlH][O]c3cccc(-c4ccccc4)c3)cccc12. The molecule has 0 spiro atoms. The van der Waals surface area contributed by atoms with Gasteiger partial charge in [-0.25, -0.2) is 0 Å². The fraction of sp³-hybridized carbons (Fsp3) is 0.0988. The molecule has 0 bridgehead atoms. The van der Waals surface area contributed by atoms with E-state index in [4.69, 9.17) is 22.7 Å². The van der Waals surface area contributed by atoms with Gasteiger partial charge >= 0.3 is 47.7 Å². The van der Waals surface area contributed by atoms with E-state index in [2.05, 4.69) is 258 Å². The normalized spacial score (nSPS) is 10.8. The molecule has 0 aliphatic carbocycles. The molecule has 0 radical (unpaired) electrons. The minimum absolute atomic E-state index is 0.840. The van der Waals surface area contributed by atoms with Gasteiger partial charge in [-0.1, -0.05) is 182 Å². The molecule has 0 fully saturated rings. The Morgan fingerprint density at radius 3 is 1.10 bits per heavy atom. The zero-order valence-electron chi connectivity index (χ0n) is 54.0. The number of hydrogen-bond acceptors (Lipinski definition) is 6. The Bertz CT molecular complexity index is 4930. The zero-order chi connectivity index (χ0) is 64.2. The molecule has 14 rings (SSSR count). The van der Waals surface area contributed by atoms with Gasteiger partial charge in [0.25, 0.3) is 16.6 Å². The molecule has 11 aromatic carbocycles. The van der Waals surface area contributed by atoms with E-state index in [-0.39, 0.29) is 0 Å². The van der Waals surface area contributed by atoms with Gasteiger partial charge < -0.3 is 22.7 Å². The molecular weight excluding hydrogens is 1190 g/mol. The number of hydrogen-bond donors (Lipinski definition) is 0. The summed E-state index contributed by atoms with van der Waals surface area (Å²) in [6.07, 6.45) is 0. The Kier molecular flexibility index (Phi) is 20.3. The van der Waals surface area contributed by atoms with Gasteiger partial charge in [-0.05, 0) is 154 Å². The van der Waals surface area contributed by atoms with Gasteiger partial charge in [0, 0.05) is 44.5 Å². The van der Waals surface area contributed by atoms with E-state index < -0.39 is 47.7 Å². The van der Waals surface area contributed by atoms with Crippen molar-refractivity contribution < 1.29 is 36.4 Å². The molecule has 12 heteroatoms. The molecule has 0 saturated heterocycles. The number of fused-ring (bicyclic) bond motifs is 4. The lowest BCUT2D eigenvalue weighted by Crippen LogP contribution is -2.33. The van der Waals surface area contributed by atoms with Crippen LogP contribution in [-0.4, -0.2) is 47.7 Å². The highest BCUT2D eigenvalue weighted by Crippen LogP contribution is 2.34. The van der Waals surface area contributed by atoms with E-state index in [1.54, 1.807) is 0 Å². The predicted molar refractivity (Wildman–Crippen MR) is 383 cm³/mol. The molecule has 0 aliphatic rings. The van der Waals surface area contributed by atoms with Crippen molar-refractivity contribution in [3.05, 3.63) is 307 Å². The number of pyridine rings is 3. The number of para-hydroxylation sites is 3. The topological polar surface area (TPSA) is 67.0 Å². The van der Waals surface area contributed by atoms with Crippen LogP contribution in [0.2, 0.25) is 0 Å². The van der Waals surface area contributed by atoms with E-state index in [1.165, 1.54) is 94.1 Å². The smallest absolute Gasteiger partial charge is 0.614 e. The molecule has 0 atom stereocenters. The maximum atomic E-state index is 6.26. The van der Waals surface area contributed by atoms with Gasteiger partial charge in [0.1, 0.15) is 21.1 Å². The van der Waals surface area contributed by atoms with Crippen LogP contribution in [0.1, 0.15) is 28.2 Å². The third kappa shape index (κ3) is 15.0. The van der Waals surface area contributed by atoms with Crippen molar-refractivity contribution in [3.8, 4) is 79.0 Å². The largest absolute Gasteiger partial charge is 0.832 e. The van der Waals surface area contributed by atoms with Crippen LogP contribution < -0.4 is 36.4 Å². The van der Waals surface area contributed by atoms with Gasteiger partial charge in [-0.15, -0.1) is 0 Å². The number of benzene rings is 11. The third-order valence-corrected chi connectivity index (χ3v) is 19.8. The quantitative estimate of drug-likeness (QED) is 0.0709. The van der Waals surface area contributed by atoms with Crippen LogP contribution in [0.25, 0.3) is 88.0 Å². The first-order chi connectivity index (χ1) is 45.4. The Labute approximate surface area is 565 Å². The van der Waals surface area contributed by atoms with Gasteiger partial charge in [0.05, 0.1) is 33.4 Å². The Morgan fingerprint density at radius 2 is 0.591 bits per heavy atom. The molecule has 0 N–H and O–H groups in total. The van der Waals surface area contributed by atoms with Crippen LogP contribution in [0.5, 0.6) is 34.5 Å². The van der Waals surface area contributed by atoms with Gasteiger partial charge in [0.15, 0.2) is 34.3 Å². The molecule has 0 amide bonds. The van der Waals surface area contributed by atoms with E-state index in [9.17, 15) is 0 Å². The van der Waals surface area contributed by atoms with Crippen LogP contribution in [0.3, 0.4) is 0 Å². The first-order valence-electron chi connectivity index (χ1n) is 31.4. The van der Waals surface area contributed by atoms with Crippen LogP contribution in [-0.2, 0) is 21.1 Å². The molecule has 9 nitrogen and oxygen atoms in total. The summed E-state index contributed by atoms with van der Waals surface area (Å²) in [5.41, 5.74) is 19.0. The van der Waals surface area contributed by atoms with E-state index in [0.717, 1.165) is 56.6 Å². The Balaban J connectivity index is 0.000000135. The van der Waals surface area contributed by atoms with Gasteiger partial charge in [-0.2, -0.15) is 13.7 Å². The number of rotatable bonds is 16. The standard InChI is InChI=1S/C17H15NO.C16H12O.2C12H13NO.2C12H10O.3Al.3H/c1-12-11-15(13-7-4-3-5-8-13)14-9-6-10-16(19)17(14)18(12)2;17-16-9-8-14-10-13(6-7-15(14)11-16)12-4-2-1-3-5-12;2*1-8-7-9(2)13(3)12-10(8)5-4-6-11(12)14;13-12-8-4-7-11(9-12)10-5-2-1-3-6-10;13-12-8-6-11(7-9-12)10-4-2-1-3-5-10;;;;;;/h3-11H,1-2H3;1-11,17H;2*4-7H,1-3H3;2*1-9,13H;;;;;;/q;;;;;;3*+2;;;/p-3. The van der Waals surface area contributed by atoms with Crippen LogP contribution in [0.4, 0.5) is 0 Å². The van der Waals surface area contributed by atoms with Crippen molar-refractivity contribution in [2.24, 2.45) is 21.1 Å². The van der Waals surface area contributed by atoms with Gasteiger partial charge in [-0.3, -0.25) is 0 Å². The lowest BCUT2D eigenvalue weighted by atomic mass is 9.99. The summed E-state index contributed by atoms with van der Waals surface area (Å²) in [6, 6.07) is 96.2. The first-order valence-corrected chi connectivity index (χ1v) is 34.8. The number of nitrogens with zero attached hydrogens (tertiary/aromatic N) is 3. The third-order valence-electron chi connectivity index (χ3n) is 17.2. The second-order valence-electron chi connectivity index (χ2n) is 23.2. The van der Waals surface area contributed by atoms with E-state index in [1.807, 2.05) is 91.0 Å². The highest BCUT2D eigenvalue weighted by molar-refractivity contribution is 6.22. The van der Waals surface area contributed by atoms with Crippen molar-refractivity contribution >= 4 is 91.1 Å². The summed E-state index contributed by atoms with van der Waals surface area (Å²) in [6.45, 7) is 10.7. The minimum Gasteiger partial charge on any atom is -0.614 e. The molecule has 3 aromatic heterocycles. The number of aryl methyl sites for hydroxylation is 8. The molecule has 93 heavy (non-hydrogen) atoms. The summed E-state index contributed by atoms with van der Waals surface area (Å²) < 4.78 is 43.3. The second-order valence-corrected chi connectivity index (χ2v) is 25.7. The first kappa shape index (κ1) is 63.5. The Hall–Kier alpha value is -9.69. The minimum atomic E-state index is -1.27.